The third-order valence-corrected chi connectivity index (χ3v) is 5.00. The maximum Gasteiger partial charge on any atom is -0.0443 e. The topological polar surface area (TPSA) is 0 Å². The van der Waals surface area contributed by atoms with Gasteiger partial charge in [0.05, 0.1) is 0 Å². The molecule has 0 heteroatoms. The molecule has 0 saturated heterocycles. The van der Waals surface area contributed by atoms with E-state index in [9.17, 15) is 0 Å². The van der Waals surface area contributed by atoms with E-state index >= 15 is 0 Å². The predicted molar refractivity (Wildman–Crippen MR) is 103 cm³/mol. The predicted octanol–water partition coefficient (Wildman–Crippen LogP) is 8.50. The second kappa shape index (κ2) is 19.0. The molecule has 0 aromatic carbocycles. The largest absolute Gasteiger partial charge is 0.0654 e. The van der Waals surface area contributed by atoms with Gasteiger partial charge >= 0.3 is 0 Å². The maximum absolute atomic E-state index is 3.90. The van der Waals surface area contributed by atoms with Crippen molar-refractivity contribution >= 4 is 0 Å². The van der Waals surface area contributed by atoms with Crippen molar-refractivity contribution in [1.29, 1.82) is 0 Å². The van der Waals surface area contributed by atoms with Gasteiger partial charge in [-0.3, -0.25) is 0 Å². The van der Waals surface area contributed by atoms with E-state index in [2.05, 4.69) is 20.8 Å². The fraction of sp³-hybridized carbons (Fsp3) is 0.955. The average Bonchev–Trinajstić information content (AvgIpc) is 2.52. The Morgan fingerprint density at radius 2 is 0.909 bits per heavy atom. The zero-order chi connectivity index (χ0) is 16.3. The molecule has 0 fully saturated rings. The second-order valence-electron chi connectivity index (χ2n) is 7.49. The van der Waals surface area contributed by atoms with Gasteiger partial charge in [-0.05, 0) is 5.92 Å². The lowest BCUT2D eigenvalue weighted by atomic mass is 9.96. The number of rotatable bonds is 18. The van der Waals surface area contributed by atoms with Gasteiger partial charge in [0.2, 0.25) is 0 Å². The highest BCUT2D eigenvalue weighted by molar-refractivity contribution is 4.56. The first-order chi connectivity index (χ1) is 10.8. The Hall–Kier alpha value is 0. The maximum atomic E-state index is 3.90. The summed E-state index contributed by atoms with van der Waals surface area (Å²) in [5.74, 6) is 0.964. The van der Waals surface area contributed by atoms with E-state index in [1.54, 1.807) is 0 Å². The fourth-order valence-corrected chi connectivity index (χ4v) is 3.32. The molecule has 0 aliphatic rings. The zero-order valence-electron chi connectivity index (χ0n) is 16.0. The van der Waals surface area contributed by atoms with Gasteiger partial charge < -0.3 is 0 Å². The van der Waals surface area contributed by atoms with Crippen molar-refractivity contribution in [3.05, 3.63) is 6.92 Å². The molecular weight excluding hydrogens is 264 g/mol. The molecule has 0 bridgehead atoms. The summed E-state index contributed by atoms with van der Waals surface area (Å²) >= 11 is 0. The molecule has 0 heterocycles. The molecule has 0 nitrogen and oxygen atoms in total. The Labute approximate surface area is 142 Å². The van der Waals surface area contributed by atoms with Gasteiger partial charge in [-0.2, -0.15) is 0 Å². The van der Waals surface area contributed by atoms with E-state index in [0.717, 1.165) is 12.3 Å². The Morgan fingerprint density at radius 1 is 0.545 bits per heavy atom. The molecule has 0 aliphatic carbocycles. The SMILES string of the molecule is [CH2]CCCCCCCCCC(C)CCCCCCCCCC. The molecule has 0 aromatic rings. The molecule has 133 valence electrons. The van der Waals surface area contributed by atoms with Crippen molar-refractivity contribution in [2.45, 2.75) is 129 Å². The van der Waals surface area contributed by atoms with E-state index in [-0.39, 0.29) is 0 Å². The Kier molecular flexibility index (Phi) is 19.0. The van der Waals surface area contributed by atoms with Crippen molar-refractivity contribution in [2.75, 3.05) is 0 Å². The highest BCUT2D eigenvalue weighted by Crippen LogP contribution is 2.18. The molecule has 1 unspecified atom stereocenters. The summed E-state index contributed by atoms with van der Waals surface area (Å²) in [6.07, 6.45) is 25.7. The molecule has 0 saturated carbocycles. The standard InChI is InChI=1S/C22H45/c1-4-6-8-10-12-14-16-18-20-22(3)21-19-17-15-13-11-9-7-5-2/h22H,1,4-21H2,2-3H3. The van der Waals surface area contributed by atoms with E-state index < -0.39 is 0 Å². The van der Waals surface area contributed by atoms with Crippen LogP contribution >= 0.6 is 0 Å². The smallest absolute Gasteiger partial charge is 0.0443 e. The molecule has 1 atom stereocenters. The van der Waals surface area contributed by atoms with Crippen LogP contribution in [0.3, 0.4) is 0 Å². The quantitative estimate of drug-likeness (QED) is 0.223. The normalized spacial score (nSPS) is 11.5. The van der Waals surface area contributed by atoms with Crippen molar-refractivity contribution in [3.8, 4) is 0 Å². The average molecular weight is 310 g/mol. The van der Waals surface area contributed by atoms with Gasteiger partial charge in [0.25, 0.3) is 0 Å². The van der Waals surface area contributed by atoms with Gasteiger partial charge in [0.1, 0.15) is 0 Å². The monoisotopic (exact) mass is 309 g/mol. The Morgan fingerprint density at radius 3 is 1.32 bits per heavy atom. The molecule has 0 rings (SSSR count). The molecule has 0 aromatic heterocycles. The molecule has 0 N–H and O–H groups in total. The van der Waals surface area contributed by atoms with Crippen molar-refractivity contribution in [3.63, 3.8) is 0 Å². The molecule has 0 spiro atoms. The van der Waals surface area contributed by atoms with Gasteiger partial charge in [0, 0.05) is 0 Å². The van der Waals surface area contributed by atoms with Gasteiger partial charge in [-0.25, -0.2) is 0 Å². The summed E-state index contributed by atoms with van der Waals surface area (Å²) in [6, 6.07) is 0. The molecule has 0 amide bonds. The number of hydrogen-bond acceptors (Lipinski definition) is 0. The first-order valence-corrected chi connectivity index (χ1v) is 10.6. The third-order valence-electron chi connectivity index (χ3n) is 5.00. The first kappa shape index (κ1) is 22.0. The molecule has 0 aliphatic heterocycles. The summed E-state index contributed by atoms with van der Waals surface area (Å²) in [5.41, 5.74) is 0. The first-order valence-electron chi connectivity index (χ1n) is 10.6. The van der Waals surface area contributed by atoms with Crippen LogP contribution in [0.5, 0.6) is 0 Å². The zero-order valence-corrected chi connectivity index (χ0v) is 16.0. The number of unbranched alkanes of at least 4 members (excludes halogenated alkanes) is 14. The number of hydrogen-bond donors (Lipinski definition) is 0. The lowest BCUT2D eigenvalue weighted by molar-refractivity contribution is 0.430. The fourth-order valence-electron chi connectivity index (χ4n) is 3.32. The highest BCUT2D eigenvalue weighted by Gasteiger charge is 2.02. The van der Waals surface area contributed by atoms with E-state index in [1.807, 2.05) is 0 Å². The summed E-state index contributed by atoms with van der Waals surface area (Å²) in [7, 11) is 0. The van der Waals surface area contributed by atoms with E-state index in [4.69, 9.17) is 0 Å². The van der Waals surface area contributed by atoms with Crippen LogP contribution < -0.4 is 0 Å². The molecular formula is C22H45. The summed E-state index contributed by atoms with van der Waals surface area (Å²) in [6.45, 7) is 8.67. The van der Waals surface area contributed by atoms with Gasteiger partial charge in [-0.1, -0.05) is 136 Å². The summed E-state index contributed by atoms with van der Waals surface area (Å²) in [5, 5.41) is 0. The lowest BCUT2D eigenvalue weighted by Crippen LogP contribution is -1.95. The Balaban J connectivity index is 3.11. The second-order valence-corrected chi connectivity index (χ2v) is 7.49. The minimum absolute atomic E-state index is 0.964. The van der Waals surface area contributed by atoms with Crippen LogP contribution in [0.4, 0.5) is 0 Å². The van der Waals surface area contributed by atoms with Crippen molar-refractivity contribution in [2.24, 2.45) is 5.92 Å². The molecule has 1 radical (unpaired) electrons. The summed E-state index contributed by atoms with van der Waals surface area (Å²) in [4.78, 5) is 0. The minimum Gasteiger partial charge on any atom is -0.0654 e. The van der Waals surface area contributed by atoms with Crippen LogP contribution in [0, 0.1) is 12.8 Å². The molecule has 22 heavy (non-hydrogen) atoms. The minimum atomic E-state index is 0.964. The van der Waals surface area contributed by atoms with Crippen LogP contribution in [-0.4, -0.2) is 0 Å². The van der Waals surface area contributed by atoms with Gasteiger partial charge in [0.15, 0.2) is 0 Å². The van der Waals surface area contributed by atoms with Crippen molar-refractivity contribution < 1.29 is 0 Å². The van der Waals surface area contributed by atoms with E-state index in [0.29, 0.717) is 0 Å². The van der Waals surface area contributed by atoms with Crippen LogP contribution in [0.2, 0.25) is 0 Å². The van der Waals surface area contributed by atoms with E-state index in [1.165, 1.54) is 109 Å². The summed E-state index contributed by atoms with van der Waals surface area (Å²) < 4.78 is 0. The third kappa shape index (κ3) is 18.1. The van der Waals surface area contributed by atoms with Crippen LogP contribution in [0.25, 0.3) is 0 Å². The van der Waals surface area contributed by atoms with Crippen LogP contribution in [0.15, 0.2) is 0 Å². The van der Waals surface area contributed by atoms with Crippen LogP contribution in [0.1, 0.15) is 129 Å². The van der Waals surface area contributed by atoms with Crippen LogP contribution in [-0.2, 0) is 0 Å². The lowest BCUT2D eigenvalue weighted by Gasteiger charge is -2.11. The Bertz CT molecular complexity index is 164. The van der Waals surface area contributed by atoms with Gasteiger partial charge in [-0.15, -0.1) is 0 Å². The highest BCUT2D eigenvalue weighted by atomic mass is 14.1. The van der Waals surface area contributed by atoms with Crippen molar-refractivity contribution in [1.82, 2.24) is 0 Å².